The van der Waals surface area contributed by atoms with Gasteiger partial charge >= 0.3 is 197 Å². The number of methoxy groups -OCH3 is 2. The quantitative estimate of drug-likeness (QED) is 0.331. The van der Waals surface area contributed by atoms with Crippen LogP contribution >= 0.6 is 24.8 Å². The number of fused-ring (bicyclic) bond motifs is 1. The van der Waals surface area contributed by atoms with Gasteiger partial charge in [-0.15, -0.1) is 24.8 Å². The molecule has 2 unspecified atom stereocenters. The third-order valence-electron chi connectivity index (χ3n) is 8.10. The van der Waals surface area contributed by atoms with Crippen LogP contribution in [-0.4, -0.2) is 21.1 Å². The van der Waals surface area contributed by atoms with Crippen molar-refractivity contribution < 1.29 is 26.9 Å². The molecule has 2 aromatic carbocycles. The van der Waals surface area contributed by atoms with Crippen molar-refractivity contribution in [2.75, 3.05) is 14.2 Å². The van der Waals surface area contributed by atoms with Gasteiger partial charge in [-0.2, -0.15) is 0 Å². The molecular formula is C28H38Cl2O2SiZr. The van der Waals surface area contributed by atoms with Crippen molar-refractivity contribution in [3.8, 4) is 11.5 Å². The van der Waals surface area contributed by atoms with Gasteiger partial charge in [-0.25, -0.2) is 0 Å². The number of benzene rings is 2. The minimum atomic E-state index is -3.41. The van der Waals surface area contributed by atoms with Crippen LogP contribution in [0.1, 0.15) is 48.0 Å². The van der Waals surface area contributed by atoms with E-state index in [-0.39, 0.29) is 24.8 Å². The number of allylic oxidation sites excluding steroid dienone is 5. The predicted octanol–water partition coefficient (Wildman–Crippen LogP) is 7.63. The van der Waals surface area contributed by atoms with Crippen LogP contribution in [0.25, 0.3) is 5.57 Å². The second-order valence-corrected chi connectivity index (χ2v) is 40.2. The molecule has 2 aliphatic carbocycles. The summed E-state index contributed by atoms with van der Waals surface area (Å²) in [5.74, 6) is 2.21. The fraction of sp³-hybridized carbons (Fsp3) is 0.357. The van der Waals surface area contributed by atoms with E-state index >= 15 is 0 Å². The zero-order valence-corrected chi connectivity index (χ0v) is 27.1. The molecule has 2 aromatic rings. The van der Waals surface area contributed by atoms with Gasteiger partial charge in [-0.3, -0.25) is 0 Å². The first-order chi connectivity index (χ1) is 15.0. The monoisotopic (exact) mass is 594 g/mol. The van der Waals surface area contributed by atoms with E-state index < -0.39 is 17.4 Å². The largest absolute Gasteiger partial charge is 0.147 e. The maximum absolute atomic E-state index is 5.59. The van der Waals surface area contributed by atoms with E-state index in [4.69, 9.17) is 9.47 Å². The van der Waals surface area contributed by atoms with E-state index in [9.17, 15) is 0 Å². The van der Waals surface area contributed by atoms with Gasteiger partial charge in [0.25, 0.3) is 0 Å². The van der Waals surface area contributed by atoms with E-state index in [0.717, 1.165) is 11.5 Å². The Morgan fingerprint density at radius 2 is 1.41 bits per heavy atom. The third-order valence-corrected chi connectivity index (χ3v) is 25.4. The van der Waals surface area contributed by atoms with Crippen molar-refractivity contribution in [1.29, 1.82) is 0 Å². The Bertz CT molecular complexity index is 1260. The first-order valence-electron chi connectivity index (χ1n) is 11.5. The zero-order valence-electron chi connectivity index (χ0n) is 21.6. The molecule has 0 aromatic heterocycles. The zero-order chi connectivity index (χ0) is 23.4. The summed E-state index contributed by atoms with van der Waals surface area (Å²) >= 11 is -3.41. The third kappa shape index (κ3) is 4.57. The maximum Gasteiger partial charge on any atom is -0.147 e. The van der Waals surface area contributed by atoms with Gasteiger partial charge in [0.2, 0.25) is 0 Å². The molecule has 0 aliphatic heterocycles. The number of rotatable bonds is 5. The molecule has 34 heavy (non-hydrogen) atoms. The number of halogens is 2. The van der Waals surface area contributed by atoms with Crippen LogP contribution in [0.3, 0.4) is 0 Å². The summed E-state index contributed by atoms with van der Waals surface area (Å²) < 4.78 is 18.7. The summed E-state index contributed by atoms with van der Waals surface area (Å²) in [4.78, 5) is 0. The Morgan fingerprint density at radius 3 is 1.91 bits per heavy atom. The summed E-state index contributed by atoms with van der Waals surface area (Å²) in [6, 6.07) is 15.2. The van der Waals surface area contributed by atoms with Crippen LogP contribution in [0.4, 0.5) is 0 Å². The molecule has 0 bridgehead atoms. The average Bonchev–Trinajstić information content (AvgIpc) is 3.26. The fourth-order valence-electron chi connectivity index (χ4n) is 6.20. The molecule has 0 spiro atoms. The van der Waals surface area contributed by atoms with Gasteiger partial charge in [0.1, 0.15) is 0 Å². The Kier molecular flexibility index (Phi) is 8.69. The van der Waals surface area contributed by atoms with Gasteiger partial charge in [0.05, 0.1) is 0 Å². The first kappa shape index (κ1) is 29.2. The summed E-state index contributed by atoms with van der Waals surface area (Å²) in [7, 11) is 3.43. The second-order valence-electron chi connectivity index (χ2n) is 10.6. The van der Waals surface area contributed by atoms with Gasteiger partial charge in [-0.1, -0.05) is 0 Å². The standard InChI is InChI=1S/C17H15O2.C9H13.2CH3.2ClH.H2Si.Zr/c1-18-14-9-13(10-15(11-14)19-2)17-8-7-12-5-3-4-6-16(12)17;1-6-5-7(2)9(4)8(6)3;;;;;;/h3-11H,1-2H3;6H,1-4H3;2*1H3;2*1H;1H2;. The molecule has 0 N–H and O–H groups in total. The molecule has 0 radical (unpaired) electrons. The number of ether oxygens (including phenoxy) is 2. The maximum atomic E-state index is 5.59. The van der Waals surface area contributed by atoms with Crippen LogP contribution in [-0.2, 0) is 17.4 Å². The molecule has 2 atom stereocenters. The van der Waals surface area contributed by atoms with Gasteiger partial charge in [0, 0.05) is 0 Å². The molecule has 2 aliphatic rings. The van der Waals surface area contributed by atoms with Gasteiger partial charge < -0.3 is 0 Å². The summed E-state index contributed by atoms with van der Waals surface area (Å²) in [5, 5.41) is 0. The number of hydrogen-bond donors (Lipinski definition) is 0. The first-order valence-corrected chi connectivity index (χ1v) is 25.0. The molecule has 0 saturated carbocycles. The van der Waals surface area contributed by atoms with Gasteiger partial charge in [-0.05, 0) is 0 Å². The molecule has 0 saturated heterocycles. The van der Waals surface area contributed by atoms with Crippen molar-refractivity contribution in [1.82, 2.24) is 0 Å². The number of hydrogen-bond acceptors (Lipinski definition) is 2. The van der Waals surface area contributed by atoms with Gasteiger partial charge in [0.15, 0.2) is 0 Å². The Hall–Kier alpha value is -1.06. The normalized spacial score (nSPS) is 19.9. The minimum Gasteiger partial charge on any atom is -0.147 e. The fourth-order valence-corrected chi connectivity index (χ4v) is 24.7. The van der Waals surface area contributed by atoms with Crippen molar-refractivity contribution in [3.63, 3.8) is 0 Å². The van der Waals surface area contributed by atoms with Crippen molar-refractivity contribution in [2.45, 2.75) is 40.6 Å². The Labute approximate surface area is 220 Å². The Morgan fingerprint density at radius 1 is 0.853 bits per heavy atom. The topological polar surface area (TPSA) is 18.5 Å². The minimum absolute atomic E-state index is 0. The molecule has 2 nitrogen and oxygen atoms in total. The van der Waals surface area contributed by atoms with E-state index in [1.165, 1.54) is 27.8 Å². The molecule has 0 amide bonds. The molecule has 4 rings (SSSR count). The summed E-state index contributed by atoms with van der Waals surface area (Å²) in [6.45, 7) is 11.8. The average molecular weight is 597 g/mol. The van der Waals surface area contributed by atoms with Crippen molar-refractivity contribution in [3.05, 3.63) is 85.2 Å². The van der Waals surface area contributed by atoms with Crippen LogP contribution in [0.2, 0.25) is 9.26 Å². The van der Waals surface area contributed by atoms with E-state index in [2.05, 4.69) is 86.3 Å². The van der Waals surface area contributed by atoms with E-state index in [0.29, 0.717) is 9.54 Å². The van der Waals surface area contributed by atoms with E-state index in [1.807, 2.05) is 6.07 Å². The smallest absolute Gasteiger partial charge is 0.147 e. The molecule has 0 fully saturated rings. The van der Waals surface area contributed by atoms with Crippen LogP contribution < -0.4 is 9.47 Å². The molecular weight excluding hydrogens is 559 g/mol. The SMILES string of the molecule is COc1cc(OC)cc(C2=C[CH]([Zr]([CH3])([CH3])(=[SiH2])[C]3=C(C)C(C)=C(C)C3C)c3ccccc32)c1.Cl.Cl. The molecule has 184 valence electrons. The molecule has 6 heteroatoms. The van der Waals surface area contributed by atoms with Crippen LogP contribution in [0, 0.1) is 5.92 Å². The van der Waals surface area contributed by atoms with Crippen molar-refractivity contribution in [2.24, 2.45) is 5.92 Å². The predicted molar refractivity (Wildman–Crippen MR) is 151 cm³/mol. The molecule has 0 heterocycles. The Balaban J connectivity index is 0.00000204. The van der Waals surface area contributed by atoms with Crippen molar-refractivity contribution >= 4 is 37.3 Å². The van der Waals surface area contributed by atoms with Crippen LogP contribution in [0.5, 0.6) is 11.5 Å². The summed E-state index contributed by atoms with van der Waals surface area (Å²) in [6.07, 6.45) is 2.58. The second kappa shape index (κ2) is 10.1. The van der Waals surface area contributed by atoms with E-state index in [1.54, 1.807) is 28.6 Å². The summed E-state index contributed by atoms with van der Waals surface area (Å²) in [5.41, 5.74) is 9.95. The van der Waals surface area contributed by atoms with Crippen LogP contribution in [0.15, 0.2) is 68.5 Å².